The molecular formula is C28H34N6O2. The summed E-state index contributed by atoms with van der Waals surface area (Å²) in [6.45, 7) is 2.93. The third-order valence-electron chi connectivity index (χ3n) is 7.72. The van der Waals surface area contributed by atoms with E-state index in [1.807, 2.05) is 23.4 Å². The molecule has 3 aliphatic rings. The minimum atomic E-state index is 0.146. The molecule has 3 N–H and O–H groups in total. The maximum Gasteiger partial charge on any atom is 0.246 e. The quantitative estimate of drug-likeness (QED) is 0.472. The van der Waals surface area contributed by atoms with E-state index in [1.165, 1.54) is 16.6 Å². The second kappa shape index (κ2) is 9.67. The Morgan fingerprint density at radius 2 is 1.97 bits per heavy atom. The van der Waals surface area contributed by atoms with Gasteiger partial charge in [0.1, 0.15) is 0 Å². The van der Waals surface area contributed by atoms with Gasteiger partial charge in [-0.25, -0.2) is 0 Å². The van der Waals surface area contributed by atoms with Gasteiger partial charge in [-0.15, -0.1) is 0 Å². The van der Waals surface area contributed by atoms with E-state index in [4.69, 9.17) is 10.7 Å². The molecule has 2 aliphatic heterocycles. The number of hydrogen-bond donors (Lipinski definition) is 2. The number of amides is 1. The Hall–Kier alpha value is -3.23. The molecule has 6 rings (SSSR count). The summed E-state index contributed by atoms with van der Waals surface area (Å²) in [6, 6.07) is 9.14. The molecule has 1 aromatic carbocycles. The number of hydrogen-bond acceptors (Lipinski definition) is 7. The van der Waals surface area contributed by atoms with Crippen molar-refractivity contribution in [2.24, 2.45) is 5.73 Å². The number of carbonyl (C=O) groups excluding carboxylic acids is 1. The van der Waals surface area contributed by atoms with Crippen molar-refractivity contribution in [1.29, 1.82) is 0 Å². The Balaban J connectivity index is 1.34. The van der Waals surface area contributed by atoms with Crippen molar-refractivity contribution in [2.45, 2.75) is 57.2 Å². The van der Waals surface area contributed by atoms with Gasteiger partial charge >= 0.3 is 0 Å². The Bertz CT molecular complexity index is 1280. The molecule has 8 heteroatoms. The molecule has 2 aromatic heterocycles. The lowest BCUT2D eigenvalue weighted by molar-refractivity contribution is -0.117. The topological polar surface area (TPSA) is 98.8 Å². The number of benzene rings is 1. The molecule has 3 aromatic rings. The second-order valence-electron chi connectivity index (χ2n) is 10.3. The molecule has 0 bridgehead atoms. The Labute approximate surface area is 211 Å². The van der Waals surface area contributed by atoms with Crippen LogP contribution in [0.2, 0.25) is 0 Å². The molecule has 1 aliphatic carbocycles. The first-order valence-electron chi connectivity index (χ1n) is 13.2. The molecule has 2 fully saturated rings. The third-order valence-corrected chi connectivity index (χ3v) is 7.72. The number of rotatable bonds is 8. The Kier molecular flexibility index (Phi) is 6.23. The van der Waals surface area contributed by atoms with Crippen LogP contribution in [0.5, 0.6) is 0 Å². The summed E-state index contributed by atoms with van der Waals surface area (Å²) in [7, 11) is 0. The highest BCUT2D eigenvalue weighted by atomic mass is 16.3. The number of aromatic nitrogens is 2. The summed E-state index contributed by atoms with van der Waals surface area (Å²) >= 11 is 0. The average molecular weight is 487 g/mol. The first-order valence-corrected chi connectivity index (χ1v) is 13.2. The highest BCUT2D eigenvalue weighted by Crippen LogP contribution is 2.40. The molecule has 8 nitrogen and oxygen atoms in total. The number of nitrogens with zero attached hydrogens (tertiary/aromatic N) is 5. The summed E-state index contributed by atoms with van der Waals surface area (Å²) in [5, 5.41) is 11.7. The average Bonchev–Trinajstić information content (AvgIpc) is 3.63. The van der Waals surface area contributed by atoms with Gasteiger partial charge < -0.3 is 25.5 Å². The van der Waals surface area contributed by atoms with Gasteiger partial charge in [0, 0.05) is 55.2 Å². The molecule has 0 spiro atoms. The van der Waals surface area contributed by atoms with E-state index in [0.717, 1.165) is 74.1 Å². The summed E-state index contributed by atoms with van der Waals surface area (Å²) in [5.74, 6) is 0.146. The predicted octanol–water partition coefficient (Wildman–Crippen LogP) is 3.00. The normalized spacial score (nSPS) is 19.9. The van der Waals surface area contributed by atoms with Crippen molar-refractivity contribution in [3.05, 3.63) is 54.1 Å². The van der Waals surface area contributed by atoms with Crippen molar-refractivity contribution in [3.63, 3.8) is 0 Å². The SMILES string of the molecule is N[C@H]1CCN(c2ccc3c(CCCCO)c(CN4CC(=O)N(C5CC5)c5ccncc54)ncc3c2)C1. The number of aryl methyl sites for hydroxylation is 1. The number of pyridine rings is 2. The van der Waals surface area contributed by atoms with Crippen molar-refractivity contribution in [2.75, 3.05) is 40.9 Å². The lowest BCUT2D eigenvalue weighted by Gasteiger charge is -2.37. The van der Waals surface area contributed by atoms with E-state index >= 15 is 0 Å². The van der Waals surface area contributed by atoms with Gasteiger partial charge in [-0.05, 0) is 67.7 Å². The Morgan fingerprint density at radius 1 is 1.08 bits per heavy atom. The fourth-order valence-corrected chi connectivity index (χ4v) is 5.70. The molecule has 4 heterocycles. The number of nitrogens with two attached hydrogens (primary N) is 1. The fourth-order valence-electron chi connectivity index (χ4n) is 5.70. The Morgan fingerprint density at radius 3 is 2.75 bits per heavy atom. The van der Waals surface area contributed by atoms with Crippen LogP contribution in [-0.4, -0.2) is 59.3 Å². The van der Waals surface area contributed by atoms with Gasteiger partial charge in [-0.2, -0.15) is 0 Å². The molecule has 0 unspecified atom stereocenters. The van der Waals surface area contributed by atoms with Crippen LogP contribution in [0.4, 0.5) is 17.1 Å². The zero-order valence-electron chi connectivity index (χ0n) is 20.6. The van der Waals surface area contributed by atoms with Crippen LogP contribution in [0.15, 0.2) is 42.9 Å². The molecule has 0 radical (unpaired) electrons. The molecule has 1 atom stereocenters. The van der Waals surface area contributed by atoms with Gasteiger partial charge in [-0.3, -0.25) is 14.8 Å². The summed E-state index contributed by atoms with van der Waals surface area (Å²) < 4.78 is 0. The minimum absolute atomic E-state index is 0.146. The van der Waals surface area contributed by atoms with Crippen molar-refractivity contribution >= 4 is 33.7 Å². The zero-order valence-corrected chi connectivity index (χ0v) is 20.6. The van der Waals surface area contributed by atoms with E-state index in [1.54, 1.807) is 6.20 Å². The molecule has 1 amide bonds. The van der Waals surface area contributed by atoms with Crippen LogP contribution >= 0.6 is 0 Å². The first-order chi connectivity index (χ1) is 17.6. The lowest BCUT2D eigenvalue weighted by Crippen LogP contribution is -2.46. The van der Waals surface area contributed by atoms with Crippen LogP contribution in [0.25, 0.3) is 10.8 Å². The number of unbranched alkanes of at least 4 members (excludes halogenated alkanes) is 1. The molecule has 188 valence electrons. The largest absolute Gasteiger partial charge is 0.396 e. The second-order valence-corrected chi connectivity index (χ2v) is 10.3. The van der Waals surface area contributed by atoms with Crippen LogP contribution in [-0.2, 0) is 17.8 Å². The maximum atomic E-state index is 13.1. The van der Waals surface area contributed by atoms with Crippen molar-refractivity contribution in [3.8, 4) is 0 Å². The number of anilines is 3. The molecule has 1 saturated heterocycles. The molecular weight excluding hydrogens is 452 g/mol. The first kappa shape index (κ1) is 23.2. The fraction of sp³-hybridized carbons (Fsp3) is 0.464. The summed E-state index contributed by atoms with van der Waals surface area (Å²) in [4.78, 5) is 28.9. The molecule has 1 saturated carbocycles. The van der Waals surface area contributed by atoms with Gasteiger partial charge in [0.05, 0.1) is 36.4 Å². The number of fused-ring (bicyclic) bond motifs is 2. The van der Waals surface area contributed by atoms with E-state index in [-0.39, 0.29) is 18.6 Å². The highest BCUT2D eigenvalue weighted by molar-refractivity contribution is 6.03. The van der Waals surface area contributed by atoms with Crippen LogP contribution < -0.4 is 20.4 Å². The lowest BCUT2D eigenvalue weighted by atomic mass is 9.98. The number of aliphatic hydroxyl groups is 1. The minimum Gasteiger partial charge on any atom is -0.396 e. The van der Waals surface area contributed by atoms with Gasteiger partial charge in [0.25, 0.3) is 0 Å². The zero-order chi connectivity index (χ0) is 24.6. The third kappa shape index (κ3) is 4.40. The number of carbonyl (C=O) groups is 1. The smallest absolute Gasteiger partial charge is 0.246 e. The van der Waals surface area contributed by atoms with E-state index in [9.17, 15) is 9.90 Å². The van der Waals surface area contributed by atoms with Gasteiger partial charge in [-0.1, -0.05) is 6.07 Å². The molecule has 36 heavy (non-hydrogen) atoms. The summed E-state index contributed by atoms with van der Waals surface area (Å²) in [6.07, 6.45) is 11.2. The van der Waals surface area contributed by atoms with Crippen LogP contribution in [0.3, 0.4) is 0 Å². The van der Waals surface area contributed by atoms with Crippen LogP contribution in [0, 0.1) is 0 Å². The van der Waals surface area contributed by atoms with Crippen molar-refractivity contribution < 1.29 is 9.90 Å². The van der Waals surface area contributed by atoms with E-state index < -0.39 is 0 Å². The standard InChI is InChI=1S/C28H34N6O2/c29-20-9-11-32(16-20)22-6-7-23-19(13-22)14-31-25(24(23)3-1-2-12-35)17-33-18-28(36)34(21-4-5-21)26-8-10-30-15-27(26)33/h6-8,10,13-15,20-21,35H,1-5,9,11-12,16-18,29H2/t20-/m0/s1. The van der Waals surface area contributed by atoms with Gasteiger partial charge in [0.15, 0.2) is 0 Å². The predicted molar refractivity (Wildman–Crippen MR) is 142 cm³/mol. The monoisotopic (exact) mass is 486 g/mol. The van der Waals surface area contributed by atoms with E-state index in [2.05, 4.69) is 33.0 Å². The number of aliphatic hydroxyl groups excluding tert-OH is 1. The highest BCUT2D eigenvalue weighted by Gasteiger charge is 2.39. The van der Waals surface area contributed by atoms with Crippen molar-refractivity contribution in [1.82, 2.24) is 9.97 Å². The maximum absolute atomic E-state index is 13.1. The van der Waals surface area contributed by atoms with Crippen LogP contribution in [0.1, 0.15) is 43.4 Å². The van der Waals surface area contributed by atoms with Gasteiger partial charge in [0.2, 0.25) is 5.91 Å². The van der Waals surface area contributed by atoms with E-state index in [0.29, 0.717) is 19.1 Å². The summed E-state index contributed by atoms with van der Waals surface area (Å²) in [5.41, 5.74) is 11.5.